The van der Waals surface area contributed by atoms with Gasteiger partial charge >= 0.3 is 0 Å². The maximum atomic E-state index is 12.3. The fourth-order valence-electron chi connectivity index (χ4n) is 2.46. The molecule has 1 N–H and O–H groups in total. The number of benzene rings is 1. The third-order valence-electron chi connectivity index (χ3n) is 3.66. The Bertz CT molecular complexity index is 852. The summed E-state index contributed by atoms with van der Waals surface area (Å²) in [7, 11) is 1.69. The van der Waals surface area contributed by atoms with Crippen molar-refractivity contribution in [2.24, 2.45) is 7.05 Å². The van der Waals surface area contributed by atoms with E-state index in [2.05, 4.69) is 10.3 Å². The second-order valence-corrected chi connectivity index (χ2v) is 7.45. The van der Waals surface area contributed by atoms with Crippen LogP contribution in [-0.4, -0.2) is 33.6 Å². The molecule has 2 heterocycles. The number of thioether (sulfide) groups is 2. The van der Waals surface area contributed by atoms with Gasteiger partial charge in [0.05, 0.1) is 28.6 Å². The number of fused-ring (bicyclic) bond motifs is 1. The molecule has 0 saturated carbocycles. The van der Waals surface area contributed by atoms with Crippen molar-refractivity contribution in [3.05, 3.63) is 40.3 Å². The Morgan fingerprint density at radius 2 is 2.24 bits per heavy atom. The van der Waals surface area contributed by atoms with Crippen LogP contribution in [0.15, 0.2) is 39.1 Å². The number of anilines is 1. The molecule has 1 amide bonds. The molecule has 0 bridgehead atoms. The number of aryl methyl sites for hydroxylation is 1. The van der Waals surface area contributed by atoms with Crippen LogP contribution in [0.1, 0.15) is 12.6 Å². The first-order chi connectivity index (χ1) is 12.1. The van der Waals surface area contributed by atoms with Crippen molar-refractivity contribution < 1.29 is 9.53 Å². The van der Waals surface area contributed by atoms with Crippen LogP contribution >= 0.6 is 23.5 Å². The summed E-state index contributed by atoms with van der Waals surface area (Å²) < 4.78 is 7.02. The lowest BCUT2D eigenvalue weighted by molar-refractivity contribution is -0.113. The molecule has 0 unspecified atom stereocenters. The van der Waals surface area contributed by atoms with Crippen LogP contribution in [0.25, 0.3) is 0 Å². The first-order valence-electron chi connectivity index (χ1n) is 7.97. The molecule has 0 saturated heterocycles. The Hall–Kier alpha value is -1.93. The lowest BCUT2D eigenvalue weighted by Crippen LogP contribution is -2.23. The van der Waals surface area contributed by atoms with Crippen LogP contribution < -0.4 is 15.6 Å². The molecule has 0 fully saturated rings. The van der Waals surface area contributed by atoms with Crippen molar-refractivity contribution >= 4 is 35.1 Å². The molecule has 2 aromatic rings. The van der Waals surface area contributed by atoms with Crippen molar-refractivity contribution in [3.8, 4) is 5.75 Å². The summed E-state index contributed by atoms with van der Waals surface area (Å²) in [5.41, 5.74) is 1.46. The highest BCUT2D eigenvalue weighted by Crippen LogP contribution is 2.28. The first kappa shape index (κ1) is 17.9. The average molecular weight is 377 g/mol. The number of hydrogen-bond acceptors (Lipinski definition) is 6. The van der Waals surface area contributed by atoms with Gasteiger partial charge in [-0.15, -0.1) is 11.8 Å². The minimum Gasteiger partial charge on any atom is -0.492 e. The molecule has 1 aliphatic rings. The second-order valence-electron chi connectivity index (χ2n) is 5.40. The number of hydrogen-bond donors (Lipinski definition) is 1. The maximum absolute atomic E-state index is 12.3. The molecule has 0 spiro atoms. The number of amides is 1. The third kappa shape index (κ3) is 4.01. The van der Waals surface area contributed by atoms with E-state index in [0.29, 0.717) is 23.2 Å². The molecular weight excluding hydrogens is 358 g/mol. The summed E-state index contributed by atoms with van der Waals surface area (Å²) in [5, 5.41) is 3.42. The number of nitrogens with zero attached hydrogens (tertiary/aromatic N) is 2. The first-order valence-corrected chi connectivity index (χ1v) is 9.94. The van der Waals surface area contributed by atoms with Crippen molar-refractivity contribution in [2.75, 3.05) is 23.4 Å². The highest BCUT2D eigenvalue weighted by atomic mass is 32.2. The molecule has 0 atom stereocenters. The van der Waals surface area contributed by atoms with Gasteiger partial charge in [-0.05, 0) is 19.1 Å². The van der Waals surface area contributed by atoms with Crippen LogP contribution in [0, 0.1) is 0 Å². The fraction of sp³-hybridized carbons (Fsp3) is 0.353. The van der Waals surface area contributed by atoms with Crippen LogP contribution in [0.2, 0.25) is 0 Å². The van der Waals surface area contributed by atoms with Gasteiger partial charge in [0.25, 0.3) is 5.56 Å². The van der Waals surface area contributed by atoms with Crippen LogP contribution in [-0.2, 0) is 18.3 Å². The van der Waals surface area contributed by atoms with Gasteiger partial charge in [-0.1, -0.05) is 23.9 Å². The van der Waals surface area contributed by atoms with Gasteiger partial charge in [-0.25, -0.2) is 4.98 Å². The minimum absolute atomic E-state index is 0.0305. The third-order valence-corrected chi connectivity index (χ3v) is 5.79. The van der Waals surface area contributed by atoms with Gasteiger partial charge in [0, 0.05) is 19.2 Å². The average Bonchev–Trinajstić information content (AvgIpc) is 3.07. The summed E-state index contributed by atoms with van der Waals surface area (Å²) in [6.45, 7) is 2.42. The Morgan fingerprint density at radius 1 is 1.44 bits per heavy atom. The lowest BCUT2D eigenvalue weighted by Gasteiger charge is -2.12. The van der Waals surface area contributed by atoms with Crippen molar-refractivity contribution in [1.29, 1.82) is 0 Å². The van der Waals surface area contributed by atoms with E-state index in [4.69, 9.17) is 4.74 Å². The van der Waals surface area contributed by atoms with E-state index in [9.17, 15) is 9.59 Å². The zero-order chi connectivity index (χ0) is 17.8. The topological polar surface area (TPSA) is 73.2 Å². The smallest absolute Gasteiger partial charge is 0.267 e. The minimum atomic E-state index is -0.165. The maximum Gasteiger partial charge on any atom is 0.267 e. The highest BCUT2D eigenvalue weighted by Gasteiger charge is 2.20. The van der Waals surface area contributed by atoms with E-state index in [-0.39, 0.29) is 17.2 Å². The Labute approximate surface area is 154 Å². The van der Waals surface area contributed by atoms with Gasteiger partial charge in [0.15, 0.2) is 5.16 Å². The molecule has 8 heteroatoms. The monoisotopic (exact) mass is 377 g/mol. The van der Waals surface area contributed by atoms with Gasteiger partial charge < -0.3 is 10.1 Å². The van der Waals surface area contributed by atoms with Crippen LogP contribution in [0.5, 0.6) is 5.75 Å². The summed E-state index contributed by atoms with van der Waals surface area (Å²) >= 11 is 2.81. The Morgan fingerprint density at radius 3 is 3.04 bits per heavy atom. The number of aromatic nitrogens is 2. The predicted molar refractivity (Wildman–Crippen MR) is 101 cm³/mol. The van der Waals surface area contributed by atoms with Gasteiger partial charge in [0.1, 0.15) is 5.75 Å². The number of ether oxygens (including phenoxy) is 1. The standard InChI is InChI=1S/C17H19N3O3S2/c1-3-23-13-7-5-4-6-11(13)18-14(21)10-25-17-19-12-8-9-24-15(12)16(22)20(17)2/h4-7H,3,8-10H2,1-2H3,(H,18,21). The molecule has 1 aromatic heterocycles. The van der Waals surface area contributed by atoms with Crippen molar-refractivity contribution in [2.45, 2.75) is 23.4 Å². The van der Waals surface area contributed by atoms with E-state index < -0.39 is 0 Å². The zero-order valence-electron chi connectivity index (χ0n) is 14.1. The zero-order valence-corrected chi connectivity index (χ0v) is 15.7. The van der Waals surface area contributed by atoms with Crippen molar-refractivity contribution in [1.82, 2.24) is 9.55 Å². The van der Waals surface area contributed by atoms with E-state index in [0.717, 1.165) is 22.8 Å². The molecule has 3 rings (SSSR count). The normalized spacial score (nSPS) is 12.7. The summed E-state index contributed by atoms with van der Waals surface area (Å²) in [6, 6.07) is 7.32. The molecule has 1 aliphatic heterocycles. The van der Waals surface area contributed by atoms with E-state index in [1.165, 1.54) is 16.3 Å². The summed E-state index contributed by atoms with van der Waals surface area (Å²) in [5.74, 6) is 1.54. The number of carbonyl (C=O) groups is 1. The number of rotatable bonds is 6. The number of carbonyl (C=O) groups excluding carboxylic acids is 1. The fourth-order valence-corrected chi connectivity index (χ4v) is 4.32. The highest BCUT2D eigenvalue weighted by molar-refractivity contribution is 8.00. The molecule has 1 aromatic carbocycles. The predicted octanol–water partition coefficient (Wildman–Crippen LogP) is 2.56. The summed E-state index contributed by atoms with van der Waals surface area (Å²) in [6.07, 6.45) is 0.803. The lowest BCUT2D eigenvalue weighted by atomic mass is 10.3. The van der Waals surface area contributed by atoms with Crippen LogP contribution in [0.4, 0.5) is 5.69 Å². The second kappa shape index (κ2) is 7.97. The molecule has 132 valence electrons. The summed E-state index contributed by atoms with van der Waals surface area (Å²) in [4.78, 5) is 29.8. The number of para-hydroxylation sites is 2. The number of nitrogens with one attached hydrogen (secondary N) is 1. The Kier molecular flexibility index (Phi) is 5.70. The molecule has 6 nitrogen and oxygen atoms in total. The van der Waals surface area contributed by atoms with E-state index >= 15 is 0 Å². The molecule has 25 heavy (non-hydrogen) atoms. The van der Waals surface area contributed by atoms with Crippen LogP contribution in [0.3, 0.4) is 0 Å². The molecular formula is C17H19N3O3S2. The van der Waals surface area contributed by atoms with Gasteiger partial charge in [0.2, 0.25) is 5.91 Å². The SMILES string of the molecule is CCOc1ccccc1NC(=O)CSc1nc2c(c(=O)n1C)SCC2. The van der Waals surface area contributed by atoms with Gasteiger partial charge in [-0.2, -0.15) is 0 Å². The molecule has 0 aliphatic carbocycles. The largest absolute Gasteiger partial charge is 0.492 e. The van der Waals surface area contributed by atoms with Crippen molar-refractivity contribution in [3.63, 3.8) is 0 Å². The van der Waals surface area contributed by atoms with Gasteiger partial charge in [-0.3, -0.25) is 14.2 Å². The molecule has 0 radical (unpaired) electrons. The van der Waals surface area contributed by atoms with E-state index in [1.54, 1.807) is 24.9 Å². The quantitative estimate of drug-likeness (QED) is 0.616. The van der Waals surface area contributed by atoms with E-state index in [1.807, 2.05) is 25.1 Å². The Balaban J connectivity index is 1.68.